The summed E-state index contributed by atoms with van der Waals surface area (Å²) in [6, 6.07) is 0. The van der Waals surface area contributed by atoms with Crippen molar-refractivity contribution in [2.75, 3.05) is 0 Å². The molecule has 0 aliphatic heterocycles. The van der Waals surface area contributed by atoms with Gasteiger partial charge in [0.25, 0.3) is 0 Å². The van der Waals surface area contributed by atoms with Gasteiger partial charge in [-0.1, -0.05) is 13.8 Å². The molecule has 0 aliphatic rings. The molecular formula is C4H9N. The Morgan fingerprint density at radius 2 is 1.60 bits per heavy atom. The van der Waals surface area contributed by atoms with Crippen molar-refractivity contribution in [3.05, 3.63) is 6.58 Å². The van der Waals surface area contributed by atoms with Gasteiger partial charge in [0, 0.05) is 0 Å². The lowest BCUT2D eigenvalue weighted by atomic mass is 11.0. The Labute approximate surface area is 32.8 Å². The van der Waals surface area contributed by atoms with Crippen molar-refractivity contribution < 1.29 is 0 Å². The minimum absolute atomic E-state index is 1.75. The smallest absolute Gasteiger partial charge is 0.0306 e. The average molecular weight is 71.1 g/mol. The lowest BCUT2D eigenvalue weighted by Crippen LogP contribution is -1.10. The highest BCUT2D eigenvalue weighted by molar-refractivity contribution is 5.41. The van der Waals surface area contributed by atoms with Crippen LogP contribution in [0.25, 0.3) is 0 Å². The fourth-order valence-electron chi connectivity index (χ4n) is 0. The molecule has 0 saturated carbocycles. The molecule has 0 unspecified atom stereocenters. The van der Waals surface area contributed by atoms with Crippen molar-refractivity contribution in [2.24, 2.45) is 0 Å². The number of hydrogen-bond donors (Lipinski definition) is 1. The van der Waals surface area contributed by atoms with Gasteiger partial charge in [0.1, 0.15) is 0 Å². The molecule has 0 saturated heterocycles. The quantitative estimate of drug-likeness (QED) is 0.418. The third kappa shape index (κ3) is 24.0. The number of nitrogens with one attached hydrogen (secondary N) is 1. The van der Waals surface area contributed by atoms with Crippen molar-refractivity contribution in [1.82, 2.24) is 0 Å². The van der Waals surface area contributed by atoms with Gasteiger partial charge >= 0.3 is 0 Å². The highest BCUT2D eigenvalue weighted by Crippen LogP contribution is 1.14. The second-order valence-corrected chi connectivity index (χ2v) is 0.177. The van der Waals surface area contributed by atoms with Gasteiger partial charge in [-0.15, -0.1) is 0 Å². The largest absolute Gasteiger partial charge is 0.259 e. The molecule has 0 amide bonds. The minimum atomic E-state index is 1.75. The maximum atomic E-state index is 5.85. The van der Waals surface area contributed by atoms with E-state index in [1.54, 1.807) is 5.87 Å². The molecular weight excluding hydrogens is 62.1 g/mol. The van der Waals surface area contributed by atoms with Crippen LogP contribution >= 0.6 is 0 Å². The van der Waals surface area contributed by atoms with Crippen LogP contribution in [0.4, 0.5) is 0 Å². The summed E-state index contributed by atoms with van der Waals surface area (Å²) in [4.78, 5) is 0. The molecule has 5 heavy (non-hydrogen) atoms. The van der Waals surface area contributed by atoms with Crippen molar-refractivity contribution in [3.63, 3.8) is 0 Å². The Morgan fingerprint density at radius 3 is 1.60 bits per heavy atom. The van der Waals surface area contributed by atoms with Crippen LogP contribution in [0.3, 0.4) is 0 Å². The van der Waals surface area contributed by atoms with E-state index in [2.05, 4.69) is 6.58 Å². The molecule has 0 fully saturated rings. The van der Waals surface area contributed by atoms with E-state index in [0.29, 0.717) is 0 Å². The third-order valence-electron chi connectivity index (χ3n) is 0. The van der Waals surface area contributed by atoms with Crippen molar-refractivity contribution in [1.29, 1.82) is 5.41 Å². The van der Waals surface area contributed by atoms with Crippen molar-refractivity contribution in [3.8, 4) is 0 Å². The fraction of sp³-hybridized carbons (Fsp3) is 0.500. The molecule has 0 bridgehead atoms. The SMILES string of the molecule is C=C=N.CC. The zero-order chi connectivity index (χ0) is 4.71. The number of hydrogen-bond acceptors (Lipinski definition) is 1. The Kier molecular flexibility index (Phi) is 180. The third-order valence-corrected chi connectivity index (χ3v) is 0. The van der Waals surface area contributed by atoms with E-state index in [1.165, 1.54) is 0 Å². The predicted molar refractivity (Wildman–Crippen MR) is 24.7 cm³/mol. The zero-order valence-electron chi connectivity index (χ0n) is 3.71. The summed E-state index contributed by atoms with van der Waals surface area (Å²) >= 11 is 0. The molecule has 1 nitrogen and oxygen atoms in total. The Hall–Kier alpha value is -0.550. The molecule has 1 heteroatoms. The molecule has 0 spiro atoms. The predicted octanol–water partition coefficient (Wildman–Crippen LogP) is 1.45. The first-order valence-electron chi connectivity index (χ1n) is 1.60. The summed E-state index contributed by atoms with van der Waals surface area (Å²) in [5.41, 5.74) is 0. The van der Waals surface area contributed by atoms with E-state index in [4.69, 9.17) is 5.41 Å². The first-order valence-corrected chi connectivity index (χ1v) is 1.60. The molecule has 0 aliphatic carbocycles. The molecule has 0 heterocycles. The van der Waals surface area contributed by atoms with E-state index in [1.807, 2.05) is 13.8 Å². The topological polar surface area (TPSA) is 23.9 Å². The second kappa shape index (κ2) is 102. The van der Waals surface area contributed by atoms with Gasteiger partial charge in [-0.3, -0.25) is 5.41 Å². The molecule has 0 aromatic heterocycles. The molecule has 0 aromatic carbocycles. The van der Waals surface area contributed by atoms with Gasteiger partial charge in [0.05, 0.1) is 0 Å². The van der Waals surface area contributed by atoms with E-state index < -0.39 is 0 Å². The first kappa shape index (κ1) is 8.82. The van der Waals surface area contributed by atoms with Crippen LogP contribution in [0.5, 0.6) is 0 Å². The van der Waals surface area contributed by atoms with Gasteiger partial charge in [-0.05, 0) is 12.4 Å². The Balaban J connectivity index is 0. The van der Waals surface area contributed by atoms with Crippen LogP contribution < -0.4 is 0 Å². The van der Waals surface area contributed by atoms with Crippen LogP contribution in [-0.2, 0) is 0 Å². The van der Waals surface area contributed by atoms with Gasteiger partial charge in [0.15, 0.2) is 0 Å². The summed E-state index contributed by atoms with van der Waals surface area (Å²) < 4.78 is 0. The summed E-state index contributed by atoms with van der Waals surface area (Å²) in [5, 5.41) is 5.85. The van der Waals surface area contributed by atoms with E-state index in [0.717, 1.165) is 0 Å². The molecule has 1 N–H and O–H groups in total. The lowest BCUT2D eigenvalue weighted by Gasteiger charge is -1.10. The minimum Gasteiger partial charge on any atom is -0.259 e. The normalized spacial score (nSPS) is 2.80. The van der Waals surface area contributed by atoms with Crippen LogP contribution in [0.2, 0.25) is 0 Å². The van der Waals surface area contributed by atoms with Crippen LogP contribution in [0.1, 0.15) is 13.8 Å². The molecule has 0 rings (SSSR count). The average Bonchev–Trinajstić information content (AvgIpc) is 1.46. The van der Waals surface area contributed by atoms with E-state index >= 15 is 0 Å². The molecule has 0 aromatic rings. The maximum absolute atomic E-state index is 5.85. The summed E-state index contributed by atoms with van der Waals surface area (Å²) in [7, 11) is 0. The summed E-state index contributed by atoms with van der Waals surface area (Å²) in [6.45, 7) is 6.90. The highest BCUT2D eigenvalue weighted by Gasteiger charge is 0.932. The summed E-state index contributed by atoms with van der Waals surface area (Å²) in [5.74, 6) is 1.75. The van der Waals surface area contributed by atoms with E-state index in [-0.39, 0.29) is 0 Å². The number of rotatable bonds is 0. The lowest BCUT2D eigenvalue weighted by molar-refractivity contribution is 1.50. The van der Waals surface area contributed by atoms with Gasteiger partial charge < -0.3 is 0 Å². The second-order valence-electron chi connectivity index (χ2n) is 0.177. The Bertz CT molecular complexity index is 24.6. The fourth-order valence-corrected chi connectivity index (χ4v) is 0. The maximum Gasteiger partial charge on any atom is -0.0306 e. The Morgan fingerprint density at radius 1 is 1.60 bits per heavy atom. The zero-order valence-corrected chi connectivity index (χ0v) is 3.71. The monoisotopic (exact) mass is 71.1 g/mol. The first-order chi connectivity index (χ1) is 2.41. The van der Waals surface area contributed by atoms with Crippen molar-refractivity contribution in [2.45, 2.75) is 13.8 Å². The van der Waals surface area contributed by atoms with Crippen LogP contribution in [0.15, 0.2) is 6.58 Å². The van der Waals surface area contributed by atoms with E-state index in [9.17, 15) is 0 Å². The highest BCUT2D eigenvalue weighted by atomic mass is 14.3. The molecule has 0 radical (unpaired) electrons. The molecule has 30 valence electrons. The van der Waals surface area contributed by atoms with Crippen LogP contribution in [-0.4, -0.2) is 5.87 Å². The standard InChI is InChI=1S/C2H3N.C2H6/c1-2-3;1-2/h3H,1H2;1-2H3. The van der Waals surface area contributed by atoms with Gasteiger partial charge in [0.2, 0.25) is 0 Å². The van der Waals surface area contributed by atoms with Crippen LogP contribution in [0, 0.1) is 5.41 Å². The van der Waals surface area contributed by atoms with Gasteiger partial charge in [-0.2, -0.15) is 0 Å². The summed E-state index contributed by atoms with van der Waals surface area (Å²) in [6.07, 6.45) is 0. The van der Waals surface area contributed by atoms with Gasteiger partial charge in [-0.25, -0.2) is 0 Å². The molecule has 0 atom stereocenters. The van der Waals surface area contributed by atoms with Crippen molar-refractivity contribution >= 4 is 5.87 Å².